The van der Waals surface area contributed by atoms with Gasteiger partial charge >= 0.3 is 6.03 Å². The molecule has 2 amide bonds. The molecule has 4 heterocycles. The molecule has 2 aromatic heterocycles. The molecule has 6 N–H and O–H groups in total. The number of carbonyl (C=O) groups is 1. The maximum atomic E-state index is 12.7. The Morgan fingerprint density at radius 3 is 1.55 bits per heavy atom. The zero-order chi connectivity index (χ0) is 42.6. The molecule has 0 unspecified atom stereocenters. The summed E-state index contributed by atoms with van der Waals surface area (Å²) in [6.07, 6.45) is 14.6. The number of nitrogens with zero attached hydrogens (tertiary/aromatic N) is 5. The van der Waals surface area contributed by atoms with Crippen molar-refractivity contribution in [3.63, 3.8) is 0 Å². The third kappa shape index (κ3) is 7.90. The number of fused-ring (bicyclic) bond motifs is 4. The van der Waals surface area contributed by atoms with Gasteiger partial charge in [-0.1, -0.05) is 12.1 Å². The van der Waals surface area contributed by atoms with Crippen LogP contribution in [-0.4, -0.2) is 79.1 Å². The van der Waals surface area contributed by atoms with E-state index in [2.05, 4.69) is 32.4 Å². The maximum Gasteiger partial charge on any atom is 0.333 e. The number of aromatic nitrogens is 4. The first-order valence-electron chi connectivity index (χ1n) is 19.9. The van der Waals surface area contributed by atoms with Gasteiger partial charge in [-0.3, -0.25) is 9.36 Å². The van der Waals surface area contributed by atoms with Crippen molar-refractivity contribution in [2.24, 2.45) is 19.2 Å². The molecule has 6 aliphatic rings. The standard InChI is InChI=1S/C20H24N4O5S.C13H13NO.C7H11N3O4S/c1-24-16(20(26)10-29-11-20)9-17(22-24)30(27,28)23-19(25)21-18-14-6-2-4-12(14)8-13-5-3-7-15(13)18;14-8-15-13-11-5-1-3-9(11)7-10-4-2-6-12(10)13;1-10-5(7(11)3-14-4-7)2-6(9-10)15(8,12)13/h8-9,26H,2-7,10-11H2,1H3,(H2,21,23,25);7H,1-6H2;2,11H,3-4H2,1H3,(H2,8,12,13). The van der Waals surface area contributed by atoms with Crippen molar-refractivity contribution >= 4 is 31.8 Å². The van der Waals surface area contributed by atoms with Crippen LogP contribution in [0.25, 0.3) is 0 Å². The lowest BCUT2D eigenvalue weighted by atomic mass is 9.98. The number of aliphatic hydroxyl groups is 2. The van der Waals surface area contributed by atoms with Crippen LogP contribution in [0.2, 0.25) is 0 Å². The summed E-state index contributed by atoms with van der Waals surface area (Å²) in [5, 5.41) is 43.9. The number of aryl methyl sites for hydroxylation is 6. The molecule has 0 bridgehead atoms. The Bertz CT molecular complexity index is 2580. The number of benzene rings is 2. The number of hydrogen-bond acceptors (Lipinski definition) is 13. The van der Waals surface area contributed by atoms with Crippen molar-refractivity contribution in [1.29, 1.82) is 5.26 Å². The minimum Gasteiger partial charge on any atom is -0.387 e. The molecular weight excluding hydrogens is 817 g/mol. The lowest BCUT2D eigenvalue weighted by Gasteiger charge is -2.35. The average molecular weight is 865 g/mol. The number of primary sulfonamides is 1. The number of ether oxygens (including phenoxy) is 3. The van der Waals surface area contributed by atoms with Crippen molar-refractivity contribution < 1.29 is 46.1 Å². The monoisotopic (exact) mass is 864 g/mol. The predicted octanol–water partition coefficient (Wildman–Crippen LogP) is 1.93. The lowest BCUT2D eigenvalue weighted by molar-refractivity contribution is -0.188. The van der Waals surface area contributed by atoms with E-state index in [4.69, 9.17) is 24.6 Å². The third-order valence-corrected chi connectivity index (χ3v) is 14.1. The van der Waals surface area contributed by atoms with E-state index in [1.54, 1.807) is 14.1 Å². The number of nitriles is 1. The molecule has 2 saturated heterocycles. The highest BCUT2D eigenvalue weighted by atomic mass is 32.2. The third-order valence-electron chi connectivity index (χ3n) is 12.1. The van der Waals surface area contributed by atoms with E-state index < -0.39 is 37.3 Å². The Morgan fingerprint density at radius 2 is 1.15 bits per heavy atom. The number of amides is 2. The van der Waals surface area contributed by atoms with Crippen LogP contribution in [0, 0.1) is 11.5 Å². The molecule has 320 valence electrons. The van der Waals surface area contributed by atoms with Crippen LogP contribution in [-0.2, 0) is 106 Å². The Morgan fingerprint density at radius 1 is 0.733 bits per heavy atom. The van der Waals surface area contributed by atoms with E-state index in [-0.39, 0.29) is 36.5 Å². The van der Waals surface area contributed by atoms with Gasteiger partial charge in [-0.05, 0) is 122 Å². The molecule has 2 fully saturated rings. The second-order valence-corrected chi connectivity index (χ2v) is 19.4. The van der Waals surface area contributed by atoms with E-state index in [9.17, 15) is 31.8 Å². The summed E-state index contributed by atoms with van der Waals surface area (Å²) in [7, 11) is -4.95. The summed E-state index contributed by atoms with van der Waals surface area (Å²) in [5.74, 6) is 0.903. The molecule has 2 aromatic carbocycles. The summed E-state index contributed by atoms with van der Waals surface area (Å²) in [4.78, 5) is 12.7. The van der Waals surface area contributed by atoms with Gasteiger partial charge < -0.3 is 29.7 Å². The SMILES string of the molecule is Cn1nc(S(=O)(=O)NC(=O)Nc2c3c(cc4c2CCC4)CCC3)cc1C1(O)COC1.Cn1nc(S(N)(=O)=O)cc1C1(O)COC1.N#COc1c2c(cc3c1CCC3)CCC2. The molecule has 0 atom stereocenters. The normalized spacial score (nSPS) is 18.8. The molecule has 20 heteroatoms. The van der Waals surface area contributed by atoms with E-state index in [0.717, 1.165) is 86.8 Å². The quantitative estimate of drug-likeness (QED) is 0.167. The van der Waals surface area contributed by atoms with E-state index >= 15 is 0 Å². The zero-order valence-corrected chi connectivity index (χ0v) is 35.0. The van der Waals surface area contributed by atoms with Crippen molar-refractivity contribution in [3.05, 3.63) is 80.2 Å². The van der Waals surface area contributed by atoms with Crippen molar-refractivity contribution in [1.82, 2.24) is 24.3 Å². The van der Waals surface area contributed by atoms with Crippen LogP contribution < -0.4 is 19.9 Å². The van der Waals surface area contributed by atoms with Gasteiger partial charge in [0.25, 0.3) is 26.3 Å². The van der Waals surface area contributed by atoms with Crippen LogP contribution >= 0.6 is 0 Å². The Labute approximate surface area is 347 Å². The second kappa shape index (κ2) is 15.9. The molecule has 0 radical (unpaired) electrons. The highest BCUT2D eigenvalue weighted by Gasteiger charge is 2.43. The topological polar surface area (TPSA) is 263 Å². The predicted molar refractivity (Wildman–Crippen MR) is 214 cm³/mol. The molecule has 0 spiro atoms. The summed E-state index contributed by atoms with van der Waals surface area (Å²) in [6, 6.07) is 6.32. The fraction of sp³-hybridized carbons (Fsp3) is 0.500. The van der Waals surface area contributed by atoms with E-state index in [0.29, 0.717) is 11.4 Å². The van der Waals surface area contributed by atoms with Gasteiger partial charge in [0.2, 0.25) is 0 Å². The maximum absolute atomic E-state index is 12.7. The van der Waals surface area contributed by atoms with Gasteiger partial charge in [-0.15, -0.1) is 5.26 Å². The van der Waals surface area contributed by atoms with Crippen molar-refractivity contribution in [3.8, 4) is 12.0 Å². The second-order valence-electron chi connectivity index (χ2n) is 16.3. The van der Waals surface area contributed by atoms with E-state index in [1.165, 1.54) is 67.7 Å². The van der Waals surface area contributed by atoms with Gasteiger partial charge in [0.1, 0.15) is 5.75 Å². The van der Waals surface area contributed by atoms with Crippen LogP contribution in [0.15, 0.2) is 34.3 Å². The molecular formula is C40H48N8O10S2. The molecule has 0 saturated carbocycles. The van der Waals surface area contributed by atoms with Crippen LogP contribution in [0.1, 0.15) is 81.6 Å². The number of hydrogen-bond donors (Lipinski definition) is 5. The number of rotatable bonds is 7. The van der Waals surface area contributed by atoms with Gasteiger partial charge in [0, 0.05) is 31.9 Å². The number of sulfonamides is 2. The minimum absolute atomic E-state index is 0.0736. The lowest BCUT2D eigenvalue weighted by Crippen LogP contribution is -2.47. The molecule has 18 nitrogen and oxygen atoms in total. The fourth-order valence-corrected chi connectivity index (χ4v) is 10.5. The summed E-state index contributed by atoms with van der Waals surface area (Å²) < 4.78 is 67.3. The fourth-order valence-electron chi connectivity index (χ4n) is 9.12. The number of nitrogens with two attached hydrogens (primary N) is 1. The van der Waals surface area contributed by atoms with Crippen LogP contribution in [0.5, 0.6) is 5.75 Å². The highest BCUT2D eigenvalue weighted by Crippen LogP contribution is 2.41. The van der Waals surface area contributed by atoms with Gasteiger partial charge in [0.05, 0.1) is 37.8 Å². The van der Waals surface area contributed by atoms with Crippen LogP contribution in [0.4, 0.5) is 10.5 Å². The number of anilines is 1. The molecule has 4 aliphatic carbocycles. The Hall–Kier alpha value is -4.88. The summed E-state index contributed by atoms with van der Waals surface area (Å²) >= 11 is 0. The van der Waals surface area contributed by atoms with Gasteiger partial charge in [-0.2, -0.15) is 18.6 Å². The molecule has 60 heavy (non-hydrogen) atoms. The number of carbonyl (C=O) groups excluding carboxylic acids is 1. The van der Waals surface area contributed by atoms with Crippen molar-refractivity contribution in [2.45, 2.75) is 98.3 Å². The average Bonchev–Trinajstić information content (AvgIpc) is 4.01. The molecule has 2 aliphatic heterocycles. The molecule has 10 rings (SSSR count). The smallest absolute Gasteiger partial charge is 0.333 e. The zero-order valence-electron chi connectivity index (χ0n) is 33.4. The molecule has 4 aromatic rings. The summed E-state index contributed by atoms with van der Waals surface area (Å²) in [6.45, 7) is 0.418. The Balaban J connectivity index is 0.000000139. The summed E-state index contributed by atoms with van der Waals surface area (Å²) in [5.41, 5.74) is 9.26. The van der Waals surface area contributed by atoms with Crippen LogP contribution in [0.3, 0.4) is 0 Å². The largest absolute Gasteiger partial charge is 0.387 e. The first kappa shape index (κ1) is 41.8. The number of nitrogens with one attached hydrogen (secondary N) is 2. The van der Waals surface area contributed by atoms with Gasteiger partial charge in [-0.25, -0.2) is 23.1 Å². The highest BCUT2D eigenvalue weighted by molar-refractivity contribution is 7.90. The number of urea groups is 1. The van der Waals surface area contributed by atoms with Gasteiger partial charge in [0.15, 0.2) is 21.3 Å². The van der Waals surface area contributed by atoms with E-state index in [1.807, 2.05) is 6.26 Å². The van der Waals surface area contributed by atoms with Crippen molar-refractivity contribution in [2.75, 3.05) is 31.7 Å². The Kier molecular flexibility index (Phi) is 11.1. The first-order chi connectivity index (χ1) is 28.5. The minimum atomic E-state index is -4.20. The first-order valence-corrected chi connectivity index (χ1v) is 23.0.